The maximum atomic E-state index is 12.7. The number of fused-ring (bicyclic) bond motifs is 2. The zero-order chi connectivity index (χ0) is 27.8. The molecule has 4 heterocycles. The Bertz CT molecular complexity index is 1220. The number of anilines is 1. The number of aliphatic carboxylic acids is 1. The smallest absolute Gasteiger partial charge is 0.329 e. The van der Waals surface area contributed by atoms with Crippen LogP contribution in [0.5, 0.6) is 0 Å². The van der Waals surface area contributed by atoms with E-state index in [0.717, 1.165) is 0 Å². The maximum Gasteiger partial charge on any atom is 0.329 e. The fraction of sp³-hybridized carbons (Fsp3) is 0.600. The average molecular weight is 539 g/mol. The minimum atomic E-state index is -2.39. The number of aliphatic imine (C=N–C) groups is 1. The molecule has 0 spiro atoms. The number of carbonyl (C=O) groups excluding carboxylic acids is 1. The van der Waals surface area contributed by atoms with Crippen molar-refractivity contribution in [3.05, 3.63) is 12.5 Å². The highest BCUT2D eigenvalue weighted by molar-refractivity contribution is 5.87. The first-order chi connectivity index (χ1) is 17.9. The molecular formula is C20H30N10O8. The van der Waals surface area contributed by atoms with E-state index in [-0.39, 0.29) is 37.1 Å². The van der Waals surface area contributed by atoms with Crippen molar-refractivity contribution in [2.45, 2.75) is 61.2 Å². The molecule has 8 atom stereocenters. The first-order valence-electron chi connectivity index (χ1n) is 11.6. The summed E-state index contributed by atoms with van der Waals surface area (Å²) < 4.78 is 12.8. The predicted molar refractivity (Wildman–Crippen MR) is 128 cm³/mol. The van der Waals surface area contributed by atoms with E-state index in [2.05, 4.69) is 25.3 Å². The molecule has 2 aromatic rings. The van der Waals surface area contributed by atoms with Gasteiger partial charge in [-0.1, -0.05) is 0 Å². The van der Waals surface area contributed by atoms with Gasteiger partial charge in [0.25, 0.3) is 0 Å². The minimum Gasteiger partial charge on any atom is -0.480 e. The Morgan fingerprint density at radius 3 is 2.74 bits per heavy atom. The summed E-state index contributed by atoms with van der Waals surface area (Å²) in [4.78, 5) is 40.9. The van der Waals surface area contributed by atoms with Crippen molar-refractivity contribution in [3.8, 4) is 0 Å². The topological polar surface area (TPSA) is 306 Å². The average Bonchev–Trinajstić information content (AvgIpc) is 3.41. The highest BCUT2D eigenvalue weighted by Crippen LogP contribution is 2.44. The number of nitrogens with one attached hydrogen (secondary N) is 1. The lowest BCUT2D eigenvalue weighted by molar-refractivity contribution is -0.286. The van der Waals surface area contributed by atoms with Gasteiger partial charge >= 0.3 is 5.97 Å². The zero-order valence-electron chi connectivity index (χ0n) is 20.0. The molecule has 0 aliphatic carbocycles. The van der Waals surface area contributed by atoms with Gasteiger partial charge in [-0.3, -0.25) is 14.4 Å². The monoisotopic (exact) mass is 538 g/mol. The molecule has 4 rings (SSSR count). The van der Waals surface area contributed by atoms with Crippen LogP contribution in [0.15, 0.2) is 17.5 Å². The minimum absolute atomic E-state index is 0.0983. The van der Waals surface area contributed by atoms with Gasteiger partial charge in [-0.15, -0.1) is 0 Å². The number of carboxylic acids is 1. The number of guanidine groups is 1. The number of amides is 1. The molecule has 2 fully saturated rings. The summed E-state index contributed by atoms with van der Waals surface area (Å²) in [5.41, 5.74) is 20.2. The lowest BCUT2D eigenvalue weighted by Crippen LogP contribution is -2.71. The zero-order valence-corrected chi connectivity index (χ0v) is 20.0. The Kier molecular flexibility index (Phi) is 7.63. The van der Waals surface area contributed by atoms with Crippen LogP contribution in [-0.4, -0.2) is 113 Å². The van der Waals surface area contributed by atoms with E-state index < -0.39 is 60.2 Å². The van der Waals surface area contributed by atoms with Crippen LogP contribution in [-0.2, 0) is 19.1 Å². The van der Waals surface area contributed by atoms with Crippen molar-refractivity contribution in [2.75, 3.05) is 18.9 Å². The second-order valence-electron chi connectivity index (χ2n) is 9.06. The van der Waals surface area contributed by atoms with Gasteiger partial charge in [0.1, 0.15) is 29.9 Å². The Balaban J connectivity index is 1.62. The van der Waals surface area contributed by atoms with Crippen molar-refractivity contribution in [1.82, 2.24) is 24.8 Å². The summed E-state index contributed by atoms with van der Waals surface area (Å²) in [6.07, 6.45) is -5.06. The van der Waals surface area contributed by atoms with Crippen LogP contribution in [0.1, 0.15) is 19.1 Å². The largest absolute Gasteiger partial charge is 0.480 e. The molecule has 2 aliphatic heterocycles. The number of carbonyl (C=O) groups is 2. The van der Waals surface area contributed by atoms with Gasteiger partial charge in [-0.05, 0) is 12.8 Å². The number of nitrogens with zero attached hydrogens (tertiary/aromatic N) is 5. The van der Waals surface area contributed by atoms with E-state index in [0.29, 0.717) is 11.9 Å². The molecule has 208 valence electrons. The number of rotatable bonds is 9. The Hall–Kier alpha value is -3.68. The quantitative estimate of drug-likeness (QED) is 0.0820. The van der Waals surface area contributed by atoms with Crippen molar-refractivity contribution < 1.29 is 39.5 Å². The standard InChI is InChI=1S/C20H30N10O8/c21-7(2-1-3-25-18(22)23)15(33)28-10(17(34)35)11-12(32)20(36)9(31)5-37-13(20)16(38-11)30-6-27-8-4-26-19(24)29-14(8)30/h4,6-7,9-13,16,31-32,36H,1-3,5,21H2,(H,28,33)(H,34,35)(H4,22,23,25)(H2,24,26,29)/t7?,9-,10?,11+,12+,13-,16+,20-/m0/s1. The Morgan fingerprint density at radius 1 is 1.32 bits per heavy atom. The SMILES string of the molecule is NC(N)=NCCCC(N)C(=O)NC(C(=O)O)[C@H]1O[C@@H](n2cnc3cnc(N)nc32)[C@@H]2OC[C@H](O)[C@]2(O)[C@@H]1O. The lowest BCUT2D eigenvalue weighted by atomic mass is 9.79. The third kappa shape index (κ3) is 4.91. The summed E-state index contributed by atoms with van der Waals surface area (Å²) in [7, 11) is 0. The summed E-state index contributed by atoms with van der Waals surface area (Å²) in [5.74, 6) is -2.67. The number of hydrogen-bond donors (Lipinski definition) is 9. The molecule has 18 nitrogen and oxygen atoms in total. The molecule has 2 unspecified atom stereocenters. The molecule has 18 heteroatoms. The van der Waals surface area contributed by atoms with E-state index in [1.165, 1.54) is 17.1 Å². The van der Waals surface area contributed by atoms with Crippen molar-refractivity contribution in [3.63, 3.8) is 0 Å². The van der Waals surface area contributed by atoms with E-state index >= 15 is 0 Å². The van der Waals surface area contributed by atoms with Crippen molar-refractivity contribution in [1.29, 1.82) is 0 Å². The number of hydrogen-bond acceptors (Lipinski definition) is 13. The van der Waals surface area contributed by atoms with E-state index in [1.807, 2.05) is 0 Å². The van der Waals surface area contributed by atoms with E-state index in [9.17, 15) is 30.0 Å². The van der Waals surface area contributed by atoms with Crippen LogP contribution in [0, 0.1) is 0 Å². The number of carboxylic acid groups (broad SMARTS) is 1. The molecular weight excluding hydrogens is 508 g/mol. The summed E-state index contributed by atoms with van der Waals surface area (Å²) in [6, 6.07) is -3.04. The first kappa shape index (κ1) is 27.4. The van der Waals surface area contributed by atoms with Crippen LogP contribution in [0.2, 0.25) is 0 Å². The van der Waals surface area contributed by atoms with Crippen molar-refractivity contribution in [2.24, 2.45) is 22.2 Å². The highest BCUT2D eigenvalue weighted by atomic mass is 16.6. The number of ether oxygens (including phenoxy) is 2. The third-order valence-corrected chi connectivity index (χ3v) is 6.57. The van der Waals surface area contributed by atoms with Crippen LogP contribution in [0.4, 0.5) is 5.95 Å². The molecule has 2 aliphatic rings. The van der Waals surface area contributed by atoms with E-state index in [1.54, 1.807) is 0 Å². The molecule has 0 saturated carbocycles. The van der Waals surface area contributed by atoms with Gasteiger partial charge in [-0.25, -0.2) is 14.8 Å². The number of aromatic nitrogens is 4. The Morgan fingerprint density at radius 2 is 2.05 bits per heavy atom. The summed E-state index contributed by atoms with van der Waals surface area (Å²) >= 11 is 0. The normalized spacial score (nSPS) is 30.4. The lowest BCUT2D eigenvalue weighted by Gasteiger charge is -2.48. The molecule has 13 N–H and O–H groups in total. The maximum absolute atomic E-state index is 12.7. The third-order valence-electron chi connectivity index (χ3n) is 6.57. The van der Waals surface area contributed by atoms with Crippen LogP contribution >= 0.6 is 0 Å². The molecule has 2 aromatic heterocycles. The van der Waals surface area contributed by atoms with E-state index in [4.69, 9.17) is 32.4 Å². The van der Waals surface area contributed by atoms with Gasteiger partial charge in [0.15, 0.2) is 29.5 Å². The molecule has 0 radical (unpaired) electrons. The molecule has 0 aromatic carbocycles. The van der Waals surface area contributed by atoms with Gasteiger partial charge in [0, 0.05) is 6.54 Å². The van der Waals surface area contributed by atoms with Crippen molar-refractivity contribution >= 4 is 34.9 Å². The molecule has 38 heavy (non-hydrogen) atoms. The first-order valence-corrected chi connectivity index (χ1v) is 11.6. The summed E-state index contributed by atoms with van der Waals surface area (Å²) in [5, 5.41) is 45.2. The van der Waals surface area contributed by atoms with Crippen LogP contribution in [0.25, 0.3) is 11.2 Å². The molecule has 0 bridgehead atoms. The van der Waals surface area contributed by atoms with Crippen LogP contribution < -0.4 is 28.3 Å². The van der Waals surface area contributed by atoms with Crippen LogP contribution in [0.3, 0.4) is 0 Å². The van der Waals surface area contributed by atoms with Gasteiger partial charge in [-0.2, -0.15) is 4.98 Å². The van der Waals surface area contributed by atoms with Gasteiger partial charge < -0.3 is 58.2 Å². The number of nitrogens with two attached hydrogens (primary N) is 4. The van der Waals surface area contributed by atoms with Gasteiger partial charge in [0.05, 0.1) is 25.2 Å². The molecule has 2 saturated heterocycles. The van der Waals surface area contributed by atoms with Gasteiger partial charge in [0.2, 0.25) is 11.9 Å². The molecule has 1 amide bonds. The fourth-order valence-electron chi connectivity index (χ4n) is 4.59. The predicted octanol–water partition coefficient (Wildman–Crippen LogP) is -4.89. The fourth-order valence-corrected chi connectivity index (χ4v) is 4.59. The second kappa shape index (κ2) is 10.6. The number of nitrogen functional groups attached to an aromatic ring is 1. The number of aliphatic hydroxyl groups excluding tert-OH is 2. The Labute approximate surface area is 214 Å². The number of aliphatic hydroxyl groups is 3. The summed E-state index contributed by atoms with van der Waals surface area (Å²) in [6.45, 7) is -0.184. The highest BCUT2D eigenvalue weighted by Gasteiger charge is 2.65. The second-order valence-corrected chi connectivity index (χ2v) is 9.06. The number of imidazole rings is 1.